The molecule has 0 N–H and O–H groups in total. The second kappa shape index (κ2) is 4.66. The van der Waals surface area contributed by atoms with Gasteiger partial charge in [-0.05, 0) is 36.6 Å². The molecule has 0 unspecified atom stereocenters. The Hall–Kier alpha value is -1.49. The van der Waals surface area contributed by atoms with Crippen LogP contribution in [0.4, 0.5) is 0 Å². The summed E-state index contributed by atoms with van der Waals surface area (Å²) in [6.45, 7) is 6.85. The summed E-state index contributed by atoms with van der Waals surface area (Å²) in [5.74, 6) is 1.29. The van der Waals surface area contributed by atoms with Crippen LogP contribution in [0.3, 0.4) is 0 Å². The Morgan fingerprint density at radius 1 is 1.36 bits per heavy atom. The van der Waals surface area contributed by atoms with Crippen LogP contribution in [0, 0.1) is 24.2 Å². The number of nitriles is 1. The van der Waals surface area contributed by atoms with Crippen molar-refractivity contribution in [3.05, 3.63) is 29.3 Å². The van der Waals surface area contributed by atoms with Crippen molar-refractivity contribution in [3.8, 4) is 11.8 Å². The average Bonchev–Trinajstić information content (AvgIpc) is 2.14. The molecule has 0 atom stereocenters. The molecule has 0 bridgehead atoms. The van der Waals surface area contributed by atoms with E-state index in [-0.39, 0.29) is 0 Å². The molecule has 2 nitrogen and oxygen atoms in total. The second-order valence-electron chi connectivity index (χ2n) is 3.85. The molecule has 0 aliphatic rings. The van der Waals surface area contributed by atoms with Crippen LogP contribution in [0.25, 0.3) is 0 Å². The molecule has 0 aliphatic heterocycles. The maximum absolute atomic E-state index is 8.76. The summed E-state index contributed by atoms with van der Waals surface area (Å²) < 4.78 is 5.54. The van der Waals surface area contributed by atoms with Gasteiger partial charge in [0.2, 0.25) is 0 Å². The van der Waals surface area contributed by atoms with Crippen LogP contribution >= 0.6 is 0 Å². The van der Waals surface area contributed by atoms with Gasteiger partial charge in [-0.2, -0.15) is 5.26 Å². The fourth-order valence-corrected chi connectivity index (χ4v) is 1.16. The van der Waals surface area contributed by atoms with Gasteiger partial charge >= 0.3 is 0 Å². The van der Waals surface area contributed by atoms with Crippen molar-refractivity contribution < 1.29 is 4.74 Å². The monoisotopic (exact) mass is 189 g/mol. The van der Waals surface area contributed by atoms with Crippen molar-refractivity contribution in [3.63, 3.8) is 0 Å². The summed E-state index contributed by atoms with van der Waals surface area (Å²) in [7, 11) is 0. The Labute approximate surface area is 85.1 Å². The Morgan fingerprint density at radius 3 is 2.64 bits per heavy atom. The number of ether oxygens (including phenoxy) is 1. The molecule has 0 aliphatic carbocycles. The third kappa shape index (κ3) is 3.10. The smallest absolute Gasteiger partial charge is 0.120 e. The molecule has 14 heavy (non-hydrogen) atoms. The van der Waals surface area contributed by atoms with Crippen molar-refractivity contribution in [2.75, 3.05) is 6.61 Å². The van der Waals surface area contributed by atoms with Crippen molar-refractivity contribution in [2.24, 2.45) is 5.92 Å². The number of aryl methyl sites for hydroxylation is 1. The largest absolute Gasteiger partial charge is 0.493 e. The molecule has 1 rings (SSSR count). The zero-order valence-corrected chi connectivity index (χ0v) is 8.87. The highest BCUT2D eigenvalue weighted by Gasteiger charge is 2.00. The van der Waals surface area contributed by atoms with Crippen molar-refractivity contribution >= 4 is 0 Å². The Bertz CT molecular complexity index is 350. The third-order valence-corrected chi connectivity index (χ3v) is 1.76. The molecule has 74 valence electrons. The van der Waals surface area contributed by atoms with Gasteiger partial charge in [-0.3, -0.25) is 0 Å². The molecule has 0 spiro atoms. The first-order valence-corrected chi connectivity index (χ1v) is 4.76. The van der Waals surface area contributed by atoms with Crippen molar-refractivity contribution in [1.82, 2.24) is 0 Å². The highest BCUT2D eigenvalue weighted by molar-refractivity contribution is 5.40. The van der Waals surface area contributed by atoms with E-state index in [4.69, 9.17) is 10.00 Å². The number of hydrogen-bond donors (Lipinski definition) is 0. The number of rotatable bonds is 3. The molecule has 0 radical (unpaired) electrons. The predicted molar refractivity (Wildman–Crippen MR) is 56.2 cm³/mol. The van der Waals surface area contributed by atoms with Crippen LogP contribution in [0.2, 0.25) is 0 Å². The van der Waals surface area contributed by atoms with E-state index in [1.165, 1.54) is 0 Å². The molecular formula is C12H15NO. The van der Waals surface area contributed by atoms with Crippen LogP contribution in [-0.2, 0) is 0 Å². The molecule has 0 heterocycles. The lowest BCUT2D eigenvalue weighted by atomic mass is 10.1. The second-order valence-corrected chi connectivity index (χ2v) is 3.85. The molecule has 0 saturated heterocycles. The summed E-state index contributed by atoms with van der Waals surface area (Å²) in [6, 6.07) is 7.69. The molecule has 1 aromatic rings. The third-order valence-electron chi connectivity index (χ3n) is 1.76. The first-order valence-electron chi connectivity index (χ1n) is 4.76. The van der Waals surface area contributed by atoms with Crippen LogP contribution in [0.15, 0.2) is 18.2 Å². The molecule has 2 heteroatoms. The Kier molecular flexibility index (Phi) is 3.53. The standard InChI is InChI=1S/C12H15NO/c1-9(2)8-14-12-5-10(3)4-11(6-12)7-13/h4-6,9H,8H2,1-3H3. The number of benzene rings is 1. The first kappa shape index (κ1) is 10.6. The summed E-state index contributed by atoms with van der Waals surface area (Å²) in [5, 5.41) is 8.76. The highest BCUT2D eigenvalue weighted by atomic mass is 16.5. The van der Waals surface area contributed by atoms with Gasteiger partial charge in [-0.25, -0.2) is 0 Å². The Balaban J connectivity index is 2.78. The van der Waals surface area contributed by atoms with Crippen LogP contribution < -0.4 is 4.74 Å². The summed E-state index contributed by atoms with van der Waals surface area (Å²) in [6.07, 6.45) is 0. The minimum absolute atomic E-state index is 0.501. The van der Waals surface area contributed by atoms with Gasteiger partial charge in [0, 0.05) is 0 Å². The van der Waals surface area contributed by atoms with E-state index in [1.54, 1.807) is 6.07 Å². The zero-order valence-electron chi connectivity index (χ0n) is 8.87. The van der Waals surface area contributed by atoms with Crippen molar-refractivity contribution in [2.45, 2.75) is 20.8 Å². The predicted octanol–water partition coefficient (Wildman–Crippen LogP) is 2.90. The molecule has 0 amide bonds. The topological polar surface area (TPSA) is 33.0 Å². The maximum Gasteiger partial charge on any atom is 0.120 e. The van der Waals surface area contributed by atoms with Gasteiger partial charge < -0.3 is 4.74 Å². The summed E-state index contributed by atoms with van der Waals surface area (Å²) in [5.41, 5.74) is 1.71. The highest BCUT2D eigenvalue weighted by Crippen LogP contribution is 2.16. The van der Waals surface area contributed by atoms with Gasteiger partial charge in [0.25, 0.3) is 0 Å². The van der Waals surface area contributed by atoms with Crippen molar-refractivity contribution in [1.29, 1.82) is 5.26 Å². The van der Waals surface area contributed by atoms with Gasteiger partial charge in [-0.15, -0.1) is 0 Å². The van der Waals surface area contributed by atoms with E-state index in [9.17, 15) is 0 Å². The van der Waals surface area contributed by atoms with E-state index in [2.05, 4.69) is 19.9 Å². The fraction of sp³-hybridized carbons (Fsp3) is 0.417. The van der Waals surface area contributed by atoms with Gasteiger partial charge in [0.05, 0.1) is 18.2 Å². The van der Waals surface area contributed by atoms with E-state index in [0.29, 0.717) is 18.1 Å². The Morgan fingerprint density at radius 2 is 2.07 bits per heavy atom. The average molecular weight is 189 g/mol. The lowest BCUT2D eigenvalue weighted by Gasteiger charge is -2.09. The van der Waals surface area contributed by atoms with E-state index in [0.717, 1.165) is 11.3 Å². The lowest BCUT2D eigenvalue weighted by Crippen LogP contribution is -2.04. The number of nitrogens with zero attached hydrogens (tertiary/aromatic N) is 1. The SMILES string of the molecule is Cc1cc(C#N)cc(OCC(C)C)c1. The molecule has 1 aromatic carbocycles. The van der Waals surface area contributed by atoms with E-state index >= 15 is 0 Å². The first-order chi connectivity index (χ1) is 6.61. The quantitative estimate of drug-likeness (QED) is 0.732. The molecule has 0 aromatic heterocycles. The van der Waals surface area contributed by atoms with Crippen LogP contribution in [0.5, 0.6) is 5.75 Å². The molecular weight excluding hydrogens is 174 g/mol. The normalized spacial score (nSPS) is 9.93. The van der Waals surface area contributed by atoms with Crippen LogP contribution in [-0.4, -0.2) is 6.61 Å². The summed E-state index contributed by atoms with van der Waals surface area (Å²) in [4.78, 5) is 0. The number of hydrogen-bond acceptors (Lipinski definition) is 2. The minimum Gasteiger partial charge on any atom is -0.493 e. The lowest BCUT2D eigenvalue weighted by molar-refractivity contribution is 0.271. The van der Waals surface area contributed by atoms with Gasteiger partial charge in [-0.1, -0.05) is 13.8 Å². The van der Waals surface area contributed by atoms with E-state index < -0.39 is 0 Å². The molecule has 0 saturated carbocycles. The fourth-order valence-electron chi connectivity index (χ4n) is 1.16. The van der Waals surface area contributed by atoms with E-state index in [1.807, 2.05) is 19.1 Å². The maximum atomic E-state index is 8.76. The molecule has 0 fully saturated rings. The van der Waals surface area contributed by atoms with Crippen LogP contribution in [0.1, 0.15) is 25.0 Å². The summed E-state index contributed by atoms with van der Waals surface area (Å²) >= 11 is 0. The van der Waals surface area contributed by atoms with Gasteiger partial charge in [0.1, 0.15) is 5.75 Å². The minimum atomic E-state index is 0.501. The zero-order chi connectivity index (χ0) is 10.6. The van der Waals surface area contributed by atoms with Gasteiger partial charge in [0.15, 0.2) is 0 Å².